The van der Waals surface area contributed by atoms with Gasteiger partial charge in [0.05, 0.1) is 12.8 Å². The first-order chi connectivity index (χ1) is 10.4. The highest BCUT2D eigenvalue weighted by Crippen LogP contribution is 2.23. The van der Waals surface area contributed by atoms with Gasteiger partial charge in [0.2, 0.25) is 15.9 Å². The monoisotopic (exact) mass is 324 g/mol. The van der Waals surface area contributed by atoms with Crippen LogP contribution in [0.5, 0.6) is 0 Å². The number of amides is 1. The summed E-state index contributed by atoms with van der Waals surface area (Å²) in [5.41, 5.74) is 0.888. The molecular formula is C16H24N2O3S. The molecule has 6 heteroatoms. The lowest BCUT2D eigenvalue weighted by atomic mass is 10.1. The number of carbonyl (C=O) groups excluding carboxylic acids is 1. The molecule has 1 unspecified atom stereocenters. The lowest BCUT2D eigenvalue weighted by Gasteiger charge is -2.31. The highest BCUT2D eigenvalue weighted by Gasteiger charge is 2.29. The zero-order chi connectivity index (χ0) is 16.2. The number of likely N-dealkylation sites (tertiary alicyclic amines) is 1. The average molecular weight is 324 g/mol. The summed E-state index contributed by atoms with van der Waals surface area (Å²) in [4.78, 5) is 14.2. The quantitative estimate of drug-likeness (QED) is 0.832. The second-order valence-corrected chi connectivity index (χ2v) is 7.77. The van der Waals surface area contributed by atoms with Crippen LogP contribution in [0.3, 0.4) is 0 Å². The van der Waals surface area contributed by atoms with Gasteiger partial charge in [-0.1, -0.05) is 30.3 Å². The van der Waals surface area contributed by atoms with E-state index in [0.29, 0.717) is 0 Å². The van der Waals surface area contributed by atoms with E-state index in [1.54, 1.807) is 4.90 Å². The van der Waals surface area contributed by atoms with Gasteiger partial charge in [-0.2, -0.15) is 4.31 Å². The van der Waals surface area contributed by atoms with Crippen molar-refractivity contribution in [2.45, 2.75) is 32.2 Å². The molecule has 1 fully saturated rings. The first kappa shape index (κ1) is 17.0. The molecule has 122 valence electrons. The number of sulfonamides is 1. The lowest BCUT2D eigenvalue weighted by Crippen LogP contribution is -2.45. The van der Waals surface area contributed by atoms with Crippen molar-refractivity contribution in [3.05, 3.63) is 35.9 Å². The standard InChI is InChI=1S/C16H24N2O3S/c1-14(15-9-5-3-6-10-15)18(22(2,20)21)13-16(19)17-11-7-4-8-12-17/h3,5-6,9-10,14H,4,7-8,11-13H2,1-2H3. The Morgan fingerprint density at radius 1 is 1.18 bits per heavy atom. The minimum atomic E-state index is -3.46. The molecule has 5 nitrogen and oxygen atoms in total. The van der Waals surface area contributed by atoms with Crippen molar-refractivity contribution in [2.75, 3.05) is 25.9 Å². The van der Waals surface area contributed by atoms with Crippen LogP contribution < -0.4 is 0 Å². The van der Waals surface area contributed by atoms with Gasteiger partial charge in [0.25, 0.3) is 0 Å². The molecule has 0 saturated carbocycles. The van der Waals surface area contributed by atoms with Crippen LogP contribution in [0.15, 0.2) is 30.3 Å². The number of hydrogen-bond acceptors (Lipinski definition) is 3. The Bertz CT molecular complexity index is 595. The van der Waals surface area contributed by atoms with E-state index in [1.807, 2.05) is 37.3 Å². The summed E-state index contributed by atoms with van der Waals surface area (Å²) in [5, 5.41) is 0. The molecule has 1 saturated heterocycles. The molecule has 0 spiro atoms. The Kier molecular flexibility index (Phi) is 5.58. The zero-order valence-electron chi connectivity index (χ0n) is 13.2. The molecule has 1 amide bonds. The van der Waals surface area contributed by atoms with E-state index in [1.165, 1.54) is 4.31 Å². The maximum absolute atomic E-state index is 12.4. The van der Waals surface area contributed by atoms with Crippen molar-refractivity contribution in [2.24, 2.45) is 0 Å². The van der Waals surface area contributed by atoms with E-state index in [4.69, 9.17) is 0 Å². The van der Waals surface area contributed by atoms with Gasteiger partial charge in [0.1, 0.15) is 0 Å². The average Bonchev–Trinajstić information content (AvgIpc) is 2.52. The molecule has 0 radical (unpaired) electrons. The van der Waals surface area contributed by atoms with Gasteiger partial charge in [-0.3, -0.25) is 4.79 Å². The molecule has 1 aromatic rings. The van der Waals surface area contributed by atoms with Crippen LogP contribution in [-0.2, 0) is 14.8 Å². The fraction of sp³-hybridized carbons (Fsp3) is 0.562. The summed E-state index contributed by atoms with van der Waals surface area (Å²) in [6.45, 7) is 3.20. The Labute approximate surface area is 133 Å². The van der Waals surface area contributed by atoms with Crippen LogP contribution in [0.2, 0.25) is 0 Å². The van der Waals surface area contributed by atoms with Gasteiger partial charge < -0.3 is 4.90 Å². The van der Waals surface area contributed by atoms with Crippen LogP contribution in [0.25, 0.3) is 0 Å². The van der Waals surface area contributed by atoms with Crippen LogP contribution >= 0.6 is 0 Å². The smallest absolute Gasteiger partial charge is 0.237 e. The summed E-state index contributed by atoms with van der Waals surface area (Å²) in [6.07, 6.45) is 4.30. The summed E-state index contributed by atoms with van der Waals surface area (Å²) < 4.78 is 25.5. The molecule has 0 aromatic heterocycles. The largest absolute Gasteiger partial charge is 0.342 e. The highest BCUT2D eigenvalue weighted by atomic mass is 32.2. The predicted molar refractivity (Wildman–Crippen MR) is 86.8 cm³/mol. The SMILES string of the molecule is CC(c1ccccc1)N(CC(=O)N1CCCCC1)S(C)(=O)=O. The second kappa shape index (κ2) is 7.24. The third-order valence-corrected chi connectivity index (χ3v) is 5.44. The van der Waals surface area contributed by atoms with Gasteiger partial charge in [0, 0.05) is 19.1 Å². The van der Waals surface area contributed by atoms with Crippen molar-refractivity contribution in [3.8, 4) is 0 Å². The van der Waals surface area contributed by atoms with E-state index < -0.39 is 10.0 Å². The van der Waals surface area contributed by atoms with Crippen LogP contribution in [0, 0.1) is 0 Å². The third kappa shape index (κ3) is 4.30. The molecule has 1 atom stereocenters. The van der Waals surface area contributed by atoms with E-state index in [9.17, 15) is 13.2 Å². The van der Waals surface area contributed by atoms with Crippen molar-refractivity contribution < 1.29 is 13.2 Å². The second-order valence-electron chi connectivity index (χ2n) is 5.84. The third-order valence-electron chi connectivity index (χ3n) is 4.14. The van der Waals surface area contributed by atoms with Crippen molar-refractivity contribution in [1.82, 2.24) is 9.21 Å². The molecular weight excluding hydrogens is 300 g/mol. The number of benzene rings is 1. The first-order valence-corrected chi connectivity index (χ1v) is 9.54. The summed E-state index contributed by atoms with van der Waals surface area (Å²) in [7, 11) is -3.46. The van der Waals surface area contributed by atoms with Gasteiger partial charge in [-0.25, -0.2) is 8.42 Å². The first-order valence-electron chi connectivity index (χ1n) is 7.69. The van der Waals surface area contributed by atoms with Crippen molar-refractivity contribution in [3.63, 3.8) is 0 Å². The minimum Gasteiger partial charge on any atom is -0.342 e. The molecule has 0 aliphatic carbocycles. The molecule has 1 aliphatic rings. The lowest BCUT2D eigenvalue weighted by molar-refractivity contribution is -0.132. The van der Waals surface area contributed by atoms with Gasteiger partial charge in [0.15, 0.2) is 0 Å². The predicted octanol–water partition coefficient (Wildman–Crippen LogP) is 2.02. The normalized spacial score (nSPS) is 17.5. The fourth-order valence-corrected chi connectivity index (χ4v) is 3.86. The maximum atomic E-state index is 12.4. The van der Waals surface area contributed by atoms with Gasteiger partial charge >= 0.3 is 0 Å². The van der Waals surface area contributed by atoms with E-state index in [-0.39, 0.29) is 18.5 Å². The number of carbonyl (C=O) groups is 1. The van der Waals surface area contributed by atoms with Crippen LogP contribution in [0.1, 0.15) is 37.8 Å². The van der Waals surface area contributed by atoms with Gasteiger partial charge in [-0.05, 0) is 31.7 Å². The minimum absolute atomic E-state index is 0.0884. The number of rotatable bonds is 5. The van der Waals surface area contributed by atoms with E-state index in [0.717, 1.165) is 44.2 Å². The Hall–Kier alpha value is -1.40. The number of piperidine rings is 1. The van der Waals surface area contributed by atoms with E-state index in [2.05, 4.69) is 0 Å². The molecule has 1 aromatic carbocycles. The molecule has 1 heterocycles. The molecule has 1 aliphatic heterocycles. The van der Waals surface area contributed by atoms with E-state index >= 15 is 0 Å². The molecule has 0 bridgehead atoms. The molecule has 2 rings (SSSR count). The highest BCUT2D eigenvalue weighted by molar-refractivity contribution is 7.88. The molecule has 22 heavy (non-hydrogen) atoms. The van der Waals surface area contributed by atoms with Crippen molar-refractivity contribution in [1.29, 1.82) is 0 Å². The van der Waals surface area contributed by atoms with Crippen LogP contribution in [-0.4, -0.2) is 49.4 Å². The fourth-order valence-electron chi connectivity index (χ4n) is 2.82. The number of nitrogens with zero attached hydrogens (tertiary/aromatic N) is 2. The Morgan fingerprint density at radius 3 is 2.32 bits per heavy atom. The Morgan fingerprint density at radius 2 is 1.77 bits per heavy atom. The summed E-state index contributed by atoms with van der Waals surface area (Å²) in [5.74, 6) is -0.104. The Balaban J connectivity index is 2.15. The summed E-state index contributed by atoms with van der Waals surface area (Å²) in [6, 6.07) is 9.05. The number of hydrogen-bond donors (Lipinski definition) is 0. The van der Waals surface area contributed by atoms with Gasteiger partial charge in [-0.15, -0.1) is 0 Å². The molecule has 0 N–H and O–H groups in total. The van der Waals surface area contributed by atoms with Crippen molar-refractivity contribution >= 4 is 15.9 Å². The van der Waals surface area contributed by atoms with Crippen LogP contribution in [0.4, 0.5) is 0 Å². The topological polar surface area (TPSA) is 57.7 Å². The summed E-state index contributed by atoms with van der Waals surface area (Å²) >= 11 is 0. The maximum Gasteiger partial charge on any atom is 0.237 e. The zero-order valence-corrected chi connectivity index (χ0v) is 14.1.